The van der Waals surface area contributed by atoms with Crippen molar-refractivity contribution >= 4 is 0 Å². The molecule has 0 N–H and O–H groups in total. The molecule has 1 unspecified atom stereocenters. The molecule has 0 aromatic rings. The number of hydrogen-bond acceptors (Lipinski definition) is 2. The van der Waals surface area contributed by atoms with Gasteiger partial charge in [0.25, 0.3) is 0 Å². The van der Waals surface area contributed by atoms with Crippen LogP contribution in [-0.2, 0) is 9.47 Å². The van der Waals surface area contributed by atoms with Crippen LogP contribution in [0, 0.1) is 0 Å². The molecule has 1 aliphatic heterocycles. The summed E-state index contributed by atoms with van der Waals surface area (Å²) in [5.41, 5.74) is 1.43. The van der Waals surface area contributed by atoms with E-state index in [1.54, 1.807) is 0 Å². The van der Waals surface area contributed by atoms with Crippen LogP contribution in [0.4, 0.5) is 0 Å². The van der Waals surface area contributed by atoms with E-state index >= 15 is 0 Å². The summed E-state index contributed by atoms with van der Waals surface area (Å²) in [4.78, 5) is 0. The topological polar surface area (TPSA) is 18.5 Å². The van der Waals surface area contributed by atoms with Gasteiger partial charge < -0.3 is 9.47 Å². The maximum Gasteiger partial charge on any atom is 0.116 e. The van der Waals surface area contributed by atoms with Crippen molar-refractivity contribution < 1.29 is 9.47 Å². The average molecular weight is 238 g/mol. The summed E-state index contributed by atoms with van der Waals surface area (Å²) >= 11 is 0. The second-order valence-corrected chi connectivity index (χ2v) is 5.76. The lowest BCUT2D eigenvalue weighted by molar-refractivity contribution is -0.0820. The van der Waals surface area contributed by atoms with E-state index in [2.05, 4.69) is 6.92 Å². The quantitative estimate of drug-likeness (QED) is 0.686. The molecular weight excluding hydrogens is 212 g/mol. The van der Waals surface area contributed by atoms with Crippen LogP contribution in [0.5, 0.6) is 0 Å². The van der Waals surface area contributed by atoms with E-state index < -0.39 is 0 Å². The summed E-state index contributed by atoms with van der Waals surface area (Å²) in [7, 11) is 0. The first-order valence-corrected chi connectivity index (χ1v) is 7.22. The molecule has 1 saturated heterocycles. The maximum absolute atomic E-state index is 5.98. The van der Waals surface area contributed by atoms with Crippen molar-refractivity contribution in [3.63, 3.8) is 0 Å². The molecule has 17 heavy (non-hydrogen) atoms. The highest BCUT2D eigenvalue weighted by Gasteiger charge is 2.26. The zero-order valence-electron chi connectivity index (χ0n) is 11.2. The molecule has 0 aromatic carbocycles. The molecule has 2 rings (SSSR count). The SMILES string of the molecule is CC1(COC=C2CCCC2)CCCCCCO1. The Balaban J connectivity index is 1.76. The Morgan fingerprint density at radius 2 is 1.88 bits per heavy atom. The van der Waals surface area contributed by atoms with E-state index in [-0.39, 0.29) is 5.60 Å². The summed E-state index contributed by atoms with van der Waals surface area (Å²) in [6.45, 7) is 3.82. The van der Waals surface area contributed by atoms with Crippen LogP contribution in [0.1, 0.15) is 64.7 Å². The minimum absolute atomic E-state index is 0.0594. The minimum Gasteiger partial charge on any atom is -0.498 e. The fourth-order valence-corrected chi connectivity index (χ4v) is 2.74. The molecule has 2 aliphatic rings. The van der Waals surface area contributed by atoms with Gasteiger partial charge in [-0.1, -0.05) is 19.3 Å². The van der Waals surface area contributed by atoms with Gasteiger partial charge in [-0.2, -0.15) is 0 Å². The highest BCUT2D eigenvalue weighted by molar-refractivity contribution is 5.02. The Morgan fingerprint density at radius 1 is 1.12 bits per heavy atom. The van der Waals surface area contributed by atoms with E-state index in [9.17, 15) is 0 Å². The van der Waals surface area contributed by atoms with E-state index in [0.29, 0.717) is 0 Å². The normalized spacial score (nSPS) is 30.8. The van der Waals surface area contributed by atoms with Crippen molar-refractivity contribution in [1.29, 1.82) is 0 Å². The summed E-state index contributed by atoms with van der Waals surface area (Å²) in [6, 6.07) is 0. The van der Waals surface area contributed by atoms with Crippen molar-refractivity contribution in [1.82, 2.24) is 0 Å². The van der Waals surface area contributed by atoms with E-state index in [0.717, 1.165) is 19.6 Å². The van der Waals surface area contributed by atoms with Gasteiger partial charge in [-0.3, -0.25) is 0 Å². The van der Waals surface area contributed by atoms with Crippen LogP contribution in [0.2, 0.25) is 0 Å². The van der Waals surface area contributed by atoms with Crippen molar-refractivity contribution in [2.24, 2.45) is 0 Å². The molecule has 2 fully saturated rings. The maximum atomic E-state index is 5.98. The lowest BCUT2D eigenvalue weighted by Crippen LogP contribution is -2.35. The molecule has 0 spiro atoms. The first kappa shape index (κ1) is 12.9. The van der Waals surface area contributed by atoms with Gasteiger partial charge in [0, 0.05) is 6.61 Å². The third-order valence-electron chi connectivity index (χ3n) is 3.93. The fourth-order valence-electron chi connectivity index (χ4n) is 2.74. The summed E-state index contributed by atoms with van der Waals surface area (Å²) in [5.74, 6) is 0. The molecule has 0 amide bonds. The van der Waals surface area contributed by atoms with Crippen molar-refractivity contribution in [3.05, 3.63) is 11.8 Å². The molecule has 1 saturated carbocycles. The molecule has 1 atom stereocenters. The molecule has 0 radical (unpaired) electrons. The summed E-state index contributed by atoms with van der Waals surface area (Å²) in [6.07, 6.45) is 13.4. The number of hydrogen-bond donors (Lipinski definition) is 0. The third kappa shape index (κ3) is 4.34. The Hall–Kier alpha value is -0.500. The van der Waals surface area contributed by atoms with Gasteiger partial charge in [0.2, 0.25) is 0 Å². The van der Waals surface area contributed by atoms with Gasteiger partial charge in [-0.05, 0) is 51.0 Å². The number of allylic oxidation sites excluding steroid dienone is 1. The van der Waals surface area contributed by atoms with Crippen LogP contribution in [0.25, 0.3) is 0 Å². The zero-order chi connectivity index (χ0) is 12.0. The van der Waals surface area contributed by atoms with Gasteiger partial charge in [-0.15, -0.1) is 0 Å². The predicted octanol–water partition coefficient (Wildman–Crippen LogP) is 4.20. The van der Waals surface area contributed by atoms with Crippen molar-refractivity contribution in [2.75, 3.05) is 13.2 Å². The Labute approximate surface area is 105 Å². The van der Waals surface area contributed by atoms with Gasteiger partial charge >= 0.3 is 0 Å². The lowest BCUT2D eigenvalue weighted by atomic mass is 9.97. The largest absolute Gasteiger partial charge is 0.498 e. The predicted molar refractivity (Wildman–Crippen MR) is 69.9 cm³/mol. The van der Waals surface area contributed by atoms with Gasteiger partial charge in [0.05, 0.1) is 11.9 Å². The smallest absolute Gasteiger partial charge is 0.116 e. The van der Waals surface area contributed by atoms with Crippen LogP contribution in [-0.4, -0.2) is 18.8 Å². The number of ether oxygens (including phenoxy) is 2. The Morgan fingerprint density at radius 3 is 2.71 bits per heavy atom. The first-order valence-electron chi connectivity index (χ1n) is 7.22. The van der Waals surface area contributed by atoms with Crippen LogP contribution >= 0.6 is 0 Å². The molecule has 98 valence electrons. The van der Waals surface area contributed by atoms with E-state index in [1.165, 1.54) is 56.9 Å². The minimum atomic E-state index is -0.0594. The standard InChI is InChI=1S/C15H26O2/c1-15(10-6-2-3-7-11-17-15)13-16-12-14-8-4-5-9-14/h12H,2-11,13H2,1H3. The molecular formula is C15H26O2. The van der Waals surface area contributed by atoms with Gasteiger partial charge in [0.1, 0.15) is 6.61 Å². The van der Waals surface area contributed by atoms with Gasteiger partial charge in [0.15, 0.2) is 0 Å². The van der Waals surface area contributed by atoms with E-state index in [4.69, 9.17) is 9.47 Å². The monoisotopic (exact) mass is 238 g/mol. The first-order chi connectivity index (χ1) is 8.29. The van der Waals surface area contributed by atoms with Crippen LogP contribution in [0.3, 0.4) is 0 Å². The summed E-state index contributed by atoms with van der Waals surface area (Å²) < 4.78 is 11.8. The molecule has 2 heteroatoms. The number of rotatable bonds is 3. The molecule has 0 bridgehead atoms. The molecule has 1 aliphatic carbocycles. The van der Waals surface area contributed by atoms with Crippen molar-refractivity contribution in [2.45, 2.75) is 70.3 Å². The third-order valence-corrected chi connectivity index (χ3v) is 3.93. The fraction of sp³-hybridized carbons (Fsp3) is 0.867. The second-order valence-electron chi connectivity index (χ2n) is 5.76. The summed E-state index contributed by atoms with van der Waals surface area (Å²) in [5, 5.41) is 0. The zero-order valence-corrected chi connectivity index (χ0v) is 11.2. The molecule has 2 nitrogen and oxygen atoms in total. The molecule has 1 heterocycles. The highest BCUT2D eigenvalue weighted by Crippen LogP contribution is 2.26. The van der Waals surface area contributed by atoms with Crippen LogP contribution < -0.4 is 0 Å². The van der Waals surface area contributed by atoms with E-state index in [1.807, 2.05) is 6.26 Å². The van der Waals surface area contributed by atoms with Crippen LogP contribution in [0.15, 0.2) is 11.8 Å². The highest BCUT2D eigenvalue weighted by atomic mass is 16.5. The lowest BCUT2D eigenvalue weighted by Gasteiger charge is -2.31. The second kappa shape index (κ2) is 6.44. The Bertz CT molecular complexity index is 242. The Kier molecular flexibility index (Phi) is 4.90. The van der Waals surface area contributed by atoms with Gasteiger partial charge in [-0.25, -0.2) is 0 Å². The average Bonchev–Trinajstić information content (AvgIpc) is 2.77. The molecule has 0 aromatic heterocycles. The van der Waals surface area contributed by atoms with Crippen molar-refractivity contribution in [3.8, 4) is 0 Å².